The van der Waals surface area contributed by atoms with Crippen LogP contribution in [-0.2, 0) is 11.2 Å². The summed E-state index contributed by atoms with van der Waals surface area (Å²) in [5.41, 5.74) is 8.43. The number of hydrogen-bond donors (Lipinski definition) is 2. The van der Waals surface area contributed by atoms with Crippen LogP contribution in [0.1, 0.15) is 55.4 Å². The number of rotatable bonds is 2. The topological polar surface area (TPSA) is 88.2 Å². The van der Waals surface area contributed by atoms with Gasteiger partial charge in [-0.3, -0.25) is 9.79 Å². The summed E-state index contributed by atoms with van der Waals surface area (Å²) in [6.45, 7) is 10.7. The molecular weight excluding hydrogens is 342 g/mol. The maximum atomic E-state index is 13.3. The van der Waals surface area contributed by atoms with E-state index in [4.69, 9.17) is 10.5 Å². The van der Waals surface area contributed by atoms with Gasteiger partial charge >= 0.3 is 0 Å². The van der Waals surface area contributed by atoms with E-state index in [0.29, 0.717) is 24.6 Å². The minimum atomic E-state index is -0.892. The van der Waals surface area contributed by atoms with E-state index in [2.05, 4.69) is 4.99 Å². The predicted octanol–water partition coefficient (Wildman–Crippen LogP) is 2.77. The van der Waals surface area contributed by atoms with E-state index in [1.165, 1.54) is 0 Å². The van der Waals surface area contributed by atoms with E-state index in [1.807, 2.05) is 32.6 Å². The Bertz CT molecular complexity index is 799. The number of carbonyl (C=O) groups excluding carboxylic acids is 1. The van der Waals surface area contributed by atoms with Crippen molar-refractivity contribution in [3.8, 4) is 11.5 Å². The molecule has 0 saturated carbocycles. The largest absolute Gasteiger partial charge is 0.507 e. The molecule has 0 radical (unpaired) electrons. The molecule has 3 rings (SSSR count). The SMILES string of the molecule is CC(N)=NC1CCCN(C(=O)C2(C)CCc3c(C)c(O)c(C)c(C)c3O2)C1. The zero-order valence-corrected chi connectivity index (χ0v) is 17.1. The van der Waals surface area contributed by atoms with E-state index >= 15 is 0 Å². The molecule has 0 spiro atoms. The number of aliphatic imine (C=N–C) groups is 1. The summed E-state index contributed by atoms with van der Waals surface area (Å²) in [6.07, 6.45) is 3.19. The monoisotopic (exact) mass is 373 g/mol. The predicted molar refractivity (Wildman–Crippen MR) is 107 cm³/mol. The number of nitrogens with zero attached hydrogens (tertiary/aromatic N) is 2. The normalized spacial score (nSPS) is 25.7. The van der Waals surface area contributed by atoms with Crippen LogP contribution in [0.3, 0.4) is 0 Å². The van der Waals surface area contributed by atoms with Crippen molar-refractivity contribution in [1.29, 1.82) is 0 Å². The summed E-state index contributed by atoms with van der Waals surface area (Å²) in [5.74, 6) is 1.67. The van der Waals surface area contributed by atoms with Crippen LogP contribution < -0.4 is 10.5 Å². The zero-order valence-electron chi connectivity index (χ0n) is 17.1. The Morgan fingerprint density at radius 3 is 2.67 bits per heavy atom. The van der Waals surface area contributed by atoms with Crippen molar-refractivity contribution >= 4 is 11.7 Å². The highest BCUT2D eigenvalue weighted by Gasteiger charge is 2.44. The molecule has 2 aliphatic heterocycles. The van der Waals surface area contributed by atoms with Gasteiger partial charge < -0.3 is 20.5 Å². The van der Waals surface area contributed by atoms with Crippen LogP contribution in [0.15, 0.2) is 4.99 Å². The summed E-state index contributed by atoms with van der Waals surface area (Å²) in [7, 11) is 0. The summed E-state index contributed by atoms with van der Waals surface area (Å²) in [6, 6.07) is 0.0651. The number of phenolic OH excluding ortho intramolecular Hbond substituents is 1. The van der Waals surface area contributed by atoms with Crippen molar-refractivity contribution in [2.45, 2.75) is 71.9 Å². The summed E-state index contributed by atoms with van der Waals surface area (Å²) < 4.78 is 6.34. The molecule has 2 heterocycles. The molecule has 1 aromatic rings. The van der Waals surface area contributed by atoms with Gasteiger partial charge in [-0.1, -0.05) is 0 Å². The third kappa shape index (κ3) is 3.49. The second-order valence-corrected chi connectivity index (χ2v) is 8.18. The molecule has 0 aliphatic carbocycles. The molecule has 1 saturated heterocycles. The number of nitrogens with two attached hydrogens (primary N) is 1. The molecule has 1 fully saturated rings. The second-order valence-electron chi connectivity index (χ2n) is 8.18. The molecule has 0 bridgehead atoms. The number of amides is 1. The lowest BCUT2D eigenvalue weighted by Gasteiger charge is -2.41. The lowest BCUT2D eigenvalue weighted by molar-refractivity contribution is -0.149. The fourth-order valence-corrected chi connectivity index (χ4v) is 4.27. The number of aromatic hydroxyl groups is 1. The van der Waals surface area contributed by atoms with Crippen LogP contribution >= 0.6 is 0 Å². The second kappa shape index (κ2) is 7.06. The first-order valence-corrected chi connectivity index (χ1v) is 9.74. The van der Waals surface area contributed by atoms with Crippen molar-refractivity contribution in [1.82, 2.24) is 4.90 Å². The number of fused-ring (bicyclic) bond motifs is 1. The van der Waals surface area contributed by atoms with Crippen LogP contribution in [0.25, 0.3) is 0 Å². The van der Waals surface area contributed by atoms with Crippen LogP contribution in [0.5, 0.6) is 11.5 Å². The molecular formula is C21H31N3O3. The van der Waals surface area contributed by atoms with E-state index in [1.54, 1.807) is 6.92 Å². The lowest BCUT2D eigenvalue weighted by Crippen LogP contribution is -2.55. The number of amidine groups is 1. The Labute approximate surface area is 161 Å². The third-order valence-electron chi connectivity index (χ3n) is 6.04. The quantitative estimate of drug-likeness (QED) is 0.616. The van der Waals surface area contributed by atoms with Crippen molar-refractivity contribution in [3.05, 3.63) is 22.3 Å². The Kier molecular flexibility index (Phi) is 5.10. The van der Waals surface area contributed by atoms with Crippen LogP contribution in [0.4, 0.5) is 0 Å². The van der Waals surface area contributed by atoms with Crippen LogP contribution in [0.2, 0.25) is 0 Å². The van der Waals surface area contributed by atoms with Crippen molar-refractivity contribution < 1.29 is 14.6 Å². The van der Waals surface area contributed by atoms with Gasteiger partial charge in [0.25, 0.3) is 5.91 Å². The first-order chi connectivity index (χ1) is 12.6. The van der Waals surface area contributed by atoms with Gasteiger partial charge in [-0.25, -0.2) is 0 Å². The van der Waals surface area contributed by atoms with E-state index in [-0.39, 0.29) is 11.9 Å². The number of carbonyl (C=O) groups is 1. The maximum absolute atomic E-state index is 13.3. The van der Waals surface area contributed by atoms with Gasteiger partial charge in [0.15, 0.2) is 5.60 Å². The van der Waals surface area contributed by atoms with Gasteiger partial charge in [-0.05, 0) is 70.6 Å². The number of likely N-dealkylation sites (tertiary alicyclic amines) is 1. The first kappa shape index (κ1) is 19.5. The Morgan fingerprint density at radius 2 is 2.00 bits per heavy atom. The molecule has 6 nitrogen and oxygen atoms in total. The average Bonchev–Trinajstić information content (AvgIpc) is 2.63. The van der Waals surface area contributed by atoms with Gasteiger partial charge in [-0.2, -0.15) is 0 Å². The van der Waals surface area contributed by atoms with Gasteiger partial charge in [-0.15, -0.1) is 0 Å². The van der Waals surface area contributed by atoms with Gasteiger partial charge in [0.2, 0.25) is 0 Å². The van der Waals surface area contributed by atoms with Gasteiger partial charge in [0.05, 0.1) is 11.9 Å². The molecule has 3 N–H and O–H groups in total. The number of piperidine rings is 1. The maximum Gasteiger partial charge on any atom is 0.266 e. The molecule has 0 aromatic heterocycles. The van der Waals surface area contributed by atoms with E-state index in [9.17, 15) is 9.90 Å². The van der Waals surface area contributed by atoms with Crippen LogP contribution in [-0.4, -0.2) is 46.5 Å². The van der Waals surface area contributed by atoms with Crippen molar-refractivity contribution in [3.63, 3.8) is 0 Å². The van der Waals surface area contributed by atoms with E-state index in [0.717, 1.165) is 53.8 Å². The Balaban J connectivity index is 1.86. The van der Waals surface area contributed by atoms with Crippen molar-refractivity contribution in [2.24, 2.45) is 10.7 Å². The fraction of sp³-hybridized carbons (Fsp3) is 0.619. The van der Waals surface area contributed by atoms with Crippen molar-refractivity contribution in [2.75, 3.05) is 13.1 Å². The van der Waals surface area contributed by atoms with Crippen LogP contribution in [0, 0.1) is 20.8 Å². The highest BCUT2D eigenvalue weighted by molar-refractivity contribution is 5.86. The summed E-state index contributed by atoms with van der Waals surface area (Å²) in [4.78, 5) is 19.7. The minimum Gasteiger partial charge on any atom is -0.507 e. The Morgan fingerprint density at radius 1 is 1.30 bits per heavy atom. The number of benzene rings is 1. The lowest BCUT2D eigenvalue weighted by atomic mass is 9.86. The highest BCUT2D eigenvalue weighted by Crippen LogP contribution is 2.43. The smallest absolute Gasteiger partial charge is 0.266 e. The third-order valence-corrected chi connectivity index (χ3v) is 6.04. The molecule has 1 amide bonds. The minimum absolute atomic E-state index is 0.0190. The summed E-state index contributed by atoms with van der Waals surface area (Å²) in [5, 5.41) is 10.3. The standard InChI is InChI=1S/C21H31N3O3/c1-12-13(2)19-17(14(3)18(12)25)8-9-21(5,27-19)20(26)24-10-6-7-16(11-24)23-15(4)22/h16,25H,6-11H2,1-5H3,(H2,22,23). The number of ether oxygens (including phenoxy) is 1. The molecule has 6 heteroatoms. The number of hydrogen-bond acceptors (Lipinski definition) is 4. The first-order valence-electron chi connectivity index (χ1n) is 9.74. The molecule has 2 unspecified atom stereocenters. The zero-order chi connectivity index (χ0) is 19.9. The van der Waals surface area contributed by atoms with E-state index < -0.39 is 5.60 Å². The molecule has 2 atom stereocenters. The molecule has 2 aliphatic rings. The molecule has 27 heavy (non-hydrogen) atoms. The fourth-order valence-electron chi connectivity index (χ4n) is 4.27. The summed E-state index contributed by atoms with van der Waals surface area (Å²) >= 11 is 0. The Hall–Kier alpha value is -2.24. The average molecular weight is 373 g/mol. The van der Waals surface area contributed by atoms with Gasteiger partial charge in [0.1, 0.15) is 11.5 Å². The molecule has 148 valence electrons. The molecule has 1 aromatic carbocycles. The number of phenols is 1. The van der Waals surface area contributed by atoms with Gasteiger partial charge in [0, 0.05) is 25.1 Å². The highest BCUT2D eigenvalue weighted by atomic mass is 16.5.